The van der Waals surface area contributed by atoms with Crippen molar-refractivity contribution in [3.05, 3.63) is 64.7 Å². The van der Waals surface area contributed by atoms with Crippen molar-refractivity contribution in [1.82, 2.24) is 4.90 Å². The third-order valence-corrected chi connectivity index (χ3v) is 4.19. The van der Waals surface area contributed by atoms with Gasteiger partial charge in [-0.05, 0) is 36.2 Å². The molecule has 1 atom stereocenters. The monoisotopic (exact) mass is 366 g/mol. The minimum absolute atomic E-state index is 0. The average molecular weight is 367 g/mol. The van der Waals surface area contributed by atoms with Gasteiger partial charge in [0.2, 0.25) is 0 Å². The lowest BCUT2D eigenvalue weighted by Crippen LogP contribution is -2.32. The number of nitrogens with two attached hydrogens (primary N) is 1. The number of para-hydroxylation sites is 1. The number of benzene rings is 2. The molecule has 6 heteroatoms. The van der Waals surface area contributed by atoms with E-state index in [1.165, 1.54) is 0 Å². The second kappa shape index (κ2) is 8.38. The number of carbonyl (C=O) groups excluding carboxylic acids is 1. The van der Waals surface area contributed by atoms with Crippen molar-refractivity contribution in [3.63, 3.8) is 0 Å². The van der Waals surface area contributed by atoms with E-state index < -0.39 is 0 Å². The maximum Gasteiger partial charge on any atom is 0.257 e. The summed E-state index contributed by atoms with van der Waals surface area (Å²) in [6, 6.07) is 14.9. The second-order valence-electron chi connectivity index (χ2n) is 5.71. The van der Waals surface area contributed by atoms with Crippen molar-refractivity contribution in [2.45, 2.75) is 19.1 Å². The molecule has 1 fully saturated rings. The Labute approximate surface area is 153 Å². The number of nitrogens with zero attached hydrogens (tertiary/aromatic N) is 1. The Morgan fingerprint density at radius 3 is 2.58 bits per heavy atom. The van der Waals surface area contributed by atoms with Crippen LogP contribution in [0.3, 0.4) is 0 Å². The smallest absolute Gasteiger partial charge is 0.257 e. The second-order valence-corrected chi connectivity index (χ2v) is 6.15. The third kappa shape index (κ3) is 4.41. The number of carbonyl (C=O) groups is 1. The molecule has 3 rings (SSSR count). The first-order valence-electron chi connectivity index (χ1n) is 7.64. The van der Waals surface area contributed by atoms with Crippen molar-refractivity contribution < 1.29 is 9.53 Å². The van der Waals surface area contributed by atoms with E-state index in [1.54, 1.807) is 11.0 Å². The minimum atomic E-state index is -0.0235. The van der Waals surface area contributed by atoms with E-state index in [9.17, 15) is 4.79 Å². The van der Waals surface area contributed by atoms with Crippen LogP contribution in [-0.4, -0.2) is 29.9 Å². The van der Waals surface area contributed by atoms with E-state index in [2.05, 4.69) is 0 Å². The van der Waals surface area contributed by atoms with Gasteiger partial charge in [-0.15, -0.1) is 12.4 Å². The maximum atomic E-state index is 12.6. The Morgan fingerprint density at radius 2 is 1.92 bits per heavy atom. The average Bonchev–Trinajstić information content (AvgIpc) is 3.00. The van der Waals surface area contributed by atoms with Gasteiger partial charge in [-0.3, -0.25) is 4.79 Å². The third-order valence-electron chi connectivity index (χ3n) is 3.94. The Morgan fingerprint density at radius 1 is 1.21 bits per heavy atom. The molecule has 0 spiro atoms. The van der Waals surface area contributed by atoms with Gasteiger partial charge < -0.3 is 15.4 Å². The maximum absolute atomic E-state index is 12.6. The molecule has 1 saturated heterocycles. The molecule has 24 heavy (non-hydrogen) atoms. The summed E-state index contributed by atoms with van der Waals surface area (Å²) in [6.07, 6.45) is 0.847. The predicted molar refractivity (Wildman–Crippen MR) is 98.0 cm³/mol. The van der Waals surface area contributed by atoms with E-state index in [0.717, 1.165) is 12.0 Å². The van der Waals surface area contributed by atoms with Gasteiger partial charge in [0.15, 0.2) is 0 Å². The highest BCUT2D eigenvalue weighted by Gasteiger charge is 2.26. The normalized spacial score (nSPS) is 16.6. The number of rotatable bonds is 4. The van der Waals surface area contributed by atoms with Gasteiger partial charge in [-0.2, -0.15) is 0 Å². The zero-order chi connectivity index (χ0) is 16.2. The summed E-state index contributed by atoms with van der Waals surface area (Å²) >= 11 is 5.88. The zero-order valence-corrected chi connectivity index (χ0v) is 14.7. The summed E-state index contributed by atoms with van der Waals surface area (Å²) in [5, 5.41) is 0.690. The molecule has 0 aromatic heterocycles. The number of amides is 1. The largest absolute Gasteiger partial charge is 0.488 e. The molecule has 1 aliphatic rings. The number of hydrogen-bond donors (Lipinski definition) is 1. The molecule has 1 amide bonds. The molecule has 1 aliphatic heterocycles. The number of halogens is 2. The molecule has 4 nitrogen and oxygen atoms in total. The highest BCUT2D eigenvalue weighted by atomic mass is 35.5. The predicted octanol–water partition coefficient (Wildman–Crippen LogP) is 3.51. The summed E-state index contributed by atoms with van der Waals surface area (Å²) in [6.45, 7) is 1.69. The standard InChI is InChI=1S/C18H19ClN2O2.ClH/c19-14-7-5-13(6-8-14)12-23-17-4-2-1-3-16(17)18(22)21-10-9-15(20)11-21;/h1-8,15H,9-12,20H2;1H/t15-;/m1./s1. The Hall–Kier alpha value is -1.75. The van der Waals surface area contributed by atoms with E-state index in [0.29, 0.717) is 36.0 Å². The van der Waals surface area contributed by atoms with E-state index >= 15 is 0 Å². The van der Waals surface area contributed by atoms with Crippen molar-refractivity contribution in [3.8, 4) is 5.75 Å². The molecular formula is C18H20Cl2N2O2. The van der Waals surface area contributed by atoms with Crippen molar-refractivity contribution in [2.75, 3.05) is 13.1 Å². The van der Waals surface area contributed by atoms with Gasteiger partial charge in [-0.25, -0.2) is 0 Å². The lowest BCUT2D eigenvalue weighted by Gasteiger charge is -2.18. The van der Waals surface area contributed by atoms with E-state index in [4.69, 9.17) is 22.1 Å². The van der Waals surface area contributed by atoms with Crippen LogP contribution in [0.4, 0.5) is 0 Å². The Bertz CT molecular complexity index is 692. The lowest BCUT2D eigenvalue weighted by molar-refractivity contribution is 0.0786. The van der Waals surface area contributed by atoms with Gasteiger partial charge >= 0.3 is 0 Å². The molecule has 0 bridgehead atoms. The quantitative estimate of drug-likeness (QED) is 0.900. The van der Waals surface area contributed by atoms with Gasteiger partial charge in [0, 0.05) is 24.2 Å². The zero-order valence-electron chi connectivity index (χ0n) is 13.2. The molecule has 0 radical (unpaired) electrons. The van der Waals surface area contributed by atoms with Crippen molar-refractivity contribution >= 4 is 29.9 Å². The summed E-state index contributed by atoms with van der Waals surface area (Å²) in [5.41, 5.74) is 7.47. The van der Waals surface area contributed by atoms with Gasteiger partial charge in [0.05, 0.1) is 5.56 Å². The summed E-state index contributed by atoms with van der Waals surface area (Å²) in [4.78, 5) is 14.4. The number of likely N-dealkylation sites (tertiary alicyclic amines) is 1. The number of hydrogen-bond acceptors (Lipinski definition) is 3. The van der Waals surface area contributed by atoms with Crippen LogP contribution in [0.15, 0.2) is 48.5 Å². The highest BCUT2D eigenvalue weighted by Crippen LogP contribution is 2.23. The molecule has 1 heterocycles. The molecule has 0 unspecified atom stereocenters. The van der Waals surface area contributed by atoms with E-state index in [-0.39, 0.29) is 24.4 Å². The van der Waals surface area contributed by atoms with Crippen LogP contribution < -0.4 is 10.5 Å². The molecule has 2 aromatic rings. The van der Waals surface area contributed by atoms with Crippen LogP contribution in [0.1, 0.15) is 22.3 Å². The van der Waals surface area contributed by atoms with Gasteiger partial charge in [-0.1, -0.05) is 35.9 Å². The van der Waals surface area contributed by atoms with Crippen LogP contribution in [0, 0.1) is 0 Å². The van der Waals surface area contributed by atoms with Gasteiger partial charge in [0.1, 0.15) is 12.4 Å². The first-order valence-corrected chi connectivity index (χ1v) is 8.02. The van der Waals surface area contributed by atoms with Crippen LogP contribution in [0.5, 0.6) is 5.75 Å². The molecule has 0 saturated carbocycles. The van der Waals surface area contributed by atoms with Crippen LogP contribution in [0.25, 0.3) is 0 Å². The van der Waals surface area contributed by atoms with Crippen molar-refractivity contribution in [1.29, 1.82) is 0 Å². The lowest BCUT2D eigenvalue weighted by atomic mass is 10.1. The number of ether oxygens (including phenoxy) is 1. The highest BCUT2D eigenvalue weighted by molar-refractivity contribution is 6.30. The molecular weight excluding hydrogens is 347 g/mol. The van der Waals surface area contributed by atoms with Gasteiger partial charge in [0.25, 0.3) is 5.91 Å². The summed E-state index contributed by atoms with van der Waals surface area (Å²) in [7, 11) is 0. The fraction of sp³-hybridized carbons (Fsp3) is 0.278. The molecule has 2 N–H and O–H groups in total. The Balaban J connectivity index is 0.00000208. The molecule has 2 aromatic carbocycles. The van der Waals surface area contributed by atoms with Crippen LogP contribution >= 0.6 is 24.0 Å². The first kappa shape index (κ1) is 18.6. The van der Waals surface area contributed by atoms with Crippen LogP contribution in [-0.2, 0) is 6.61 Å². The first-order chi connectivity index (χ1) is 11.1. The topological polar surface area (TPSA) is 55.6 Å². The molecule has 128 valence electrons. The SMILES string of the molecule is Cl.N[C@@H]1CCN(C(=O)c2ccccc2OCc2ccc(Cl)cc2)C1. The fourth-order valence-electron chi connectivity index (χ4n) is 2.65. The minimum Gasteiger partial charge on any atom is -0.488 e. The van der Waals surface area contributed by atoms with Crippen molar-refractivity contribution in [2.24, 2.45) is 5.73 Å². The summed E-state index contributed by atoms with van der Waals surface area (Å²) < 4.78 is 5.85. The van der Waals surface area contributed by atoms with Crippen LogP contribution in [0.2, 0.25) is 5.02 Å². The molecule has 0 aliphatic carbocycles. The summed E-state index contributed by atoms with van der Waals surface area (Å²) in [5.74, 6) is 0.567. The fourth-order valence-corrected chi connectivity index (χ4v) is 2.78. The van der Waals surface area contributed by atoms with E-state index in [1.807, 2.05) is 42.5 Å². The Kier molecular flexibility index (Phi) is 6.49.